The van der Waals surface area contributed by atoms with Crippen LogP contribution < -0.4 is 0 Å². The molecule has 0 aromatic heterocycles. The van der Waals surface area contributed by atoms with Crippen LogP contribution in [-0.4, -0.2) is 30.6 Å². The van der Waals surface area contributed by atoms with Gasteiger partial charge in [0.2, 0.25) is 0 Å². The molecule has 0 aliphatic rings. The predicted molar refractivity (Wildman–Crippen MR) is 63.3 cm³/mol. The van der Waals surface area contributed by atoms with Crippen LogP contribution in [0.15, 0.2) is 24.3 Å². The summed E-state index contributed by atoms with van der Waals surface area (Å²) in [4.78, 5) is 22.3. The van der Waals surface area contributed by atoms with E-state index in [1.165, 1.54) is 6.07 Å². The average molecular weight is 236 g/mol. The van der Waals surface area contributed by atoms with E-state index in [0.29, 0.717) is 12.2 Å². The van der Waals surface area contributed by atoms with Gasteiger partial charge in [0, 0.05) is 18.1 Å². The molecule has 0 fully saturated rings. The molecule has 0 saturated carbocycles. The van der Waals surface area contributed by atoms with Gasteiger partial charge in [-0.2, -0.15) is 0 Å². The van der Waals surface area contributed by atoms with Crippen LogP contribution in [0.1, 0.15) is 29.8 Å². The van der Waals surface area contributed by atoms with E-state index in [1.807, 2.05) is 13.8 Å². The second kappa shape index (κ2) is 5.10. The van der Waals surface area contributed by atoms with Gasteiger partial charge >= 0.3 is 5.97 Å². The zero-order chi connectivity index (χ0) is 13.1. The molecule has 1 N–H and O–H groups in total. The molecule has 0 spiro atoms. The highest BCUT2D eigenvalue weighted by molar-refractivity contribution is 6.40. The Bertz CT molecular complexity index is 435. The number of carboxylic acid groups (broad SMARTS) is 1. The van der Waals surface area contributed by atoms with Gasteiger partial charge < -0.3 is 9.84 Å². The van der Waals surface area contributed by atoms with Crippen LogP contribution in [0.25, 0.3) is 0 Å². The van der Waals surface area contributed by atoms with Crippen LogP contribution in [0, 0.1) is 0 Å². The third-order valence-corrected chi connectivity index (χ3v) is 2.60. The molecule has 92 valence electrons. The van der Waals surface area contributed by atoms with Crippen molar-refractivity contribution in [2.24, 2.45) is 0 Å². The van der Waals surface area contributed by atoms with Gasteiger partial charge in [-0.05, 0) is 5.56 Å². The summed E-state index contributed by atoms with van der Waals surface area (Å²) in [6.45, 7) is 4.23. The van der Waals surface area contributed by atoms with E-state index in [2.05, 4.69) is 0 Å². The fourth-order valence-electron chi connectivity index (χ4n) is 1.83. The molecule has 0 heterocycles. The number of benzene rings is 1. The number of ether oxygens (including phenoxy) is 1. The third-order valence-electron chi connectivity index (χ3n) is 2.60. The zero-order valence-electron chi connectivity index (χ0n) is 10.2. The minimum Gasteiger partial charge on any atom is -0.475 e. The van der Waals surface area contributed by atoms with E-state index in [0.717, 1.165) is 0 Å². The molecule has 4 nitrogen and oxygen atoms in total. The number of hydrogen-bond donors (Lipinski definition) is 1. The maximum atomic E-state index is 11.6. The minimum absolute atomic E-state index is 0.224. The Labute approximate surface area is 100 Å². The normalized spacial score (nSPS) is 11.2. The lowest BCUT2D eigenvalue weighted by Gasteiger charge is -2.26. The summed E-state index contributed by atoms with van der Waals surface area (Å²) >= 11 is 0. The van der Waals surface area contributed by atoms with Gasteiger partial charge in [-0.3, -0.25) is 4.79 Å². The van der Waals surface area contributed by atoms with Crippen LogP contribution in [0.3, 0.4) is 0 Å². The first-order valence-electron chi connectivity index (χ1n) is 5.26. The lowest BCUT2D eigenvalue weighted by molar-refractivity contribution is -0.131. The first kappa shape index (κ1) is 13.4. The number of methoxy groups -OCH3 is 1. The Morgan fingerprint density at radius 1 is 1.29 bits per heavy atom. The fraction of sp³-hybridized carbons (Fsp3) is 0.385. The predicted octanol–water partition coefficient (Wildman–Crippen LogP) is 1.88. The summed E-state index contributed by atoms with van der Waals surface area (Å²) in [6.07, 6.45) is 0. The molecular formula is C13H16O4. The maximum Gasteiger partial charge on any atom is 0.377 e. The molecule has 0 saturated heterocycles. The molecular weight excluding hydrogens is 220 g/mol. The average Bonchev–Trinajstić information content (AvgIpc) is 2.28. The van der Waals surface area contributed by atoms with Crippen molar-refractivity contribution in [1.29, 1.82) is 0 Å². The van der Waals surface area contributed by atoms with Gasteiger partial charge in [0.15, 0.2) is 0 Å². The molecule has 17 heavy (non-hydrogen) atoms. The Morgan fingerprint density at radius 2 is 1.88 bits per heavy atom. The number of Topliss-reactive ketones (excluding diaryl/α,β-unsaturated/α-hetero) is 1. The maximum absolute atomic E-state index is 11.6. The lowest BCUT2D eigenvalue weighted by atomic mass is 9.81. The van der Waals surface area contributed by atoms with Crippen LogP contribution in [0.4, 0.5) is 0 Å². The van der Waals surface area contributed by atoms with Crippen molar-refractivity contribution < 1.29 is 19.4 Å². The van der Waals surface area contributed by atoms with Crippen molar-refractivity contribution in [1.82, 2.24) is 0 Å². The molecule has 1 aromatic rings. The number of rotatable bonds is 5. The number of aliphatic carboxylic acids is 1. The summed E-state index contributed by atoms with van der Waals surface area (Å²) in [5.41, 5.74) is 0.507. The first-order valence-corrected chi connectivity index (χ1v) is 5.26. The van der Waals surface area contributed by atoms with E-state index in [-0.39, 0.29) is 5.56 Å². The molecule has 0 bridgehead atoms. The van der Waals surface area contributed by atoms with Gasteiger partial charge in [0.1, 0.15) is 0 Å². The summed E-state index contributed by atoms with van der Waals surface area (Å²) in [5.74, 6) is -2.32. The quantitative estimate of drug-likeness (QED) is 0.626. The minimum atomic E-state index is -1.44. The number of ketones is 1. The number of carbonyl (C=O) groups is 2. The summed E-state index contributed by atoms with van der Waals surface area (Å²) in [7, 11) is 1.57. The highest BCUT2D eigenvalue weighted by Crippen LogP contribution is 2.27. The zero-order valence-corrected chi connectivity index (χ0v) is 10.2. The first-order chi connectivity index (χ1) is 7.90. The van der Waals surface area contributed by atoms with Crippen molar-refractivity contribution in [2.45, 2.75) is 19.3 Å². The van der Waals surface area contributed by atoms with E-state index in [1.54, 1.807) is 25.3 Å². The van der Waals surface area contributed by atoms with Crippen molar-refractivity contribution in [3.8, 4) is 0 Å². The highest BCUT2D eigenvalue weighted by Gasteiger charge is 2.28. The largest absolute Gasteiger partial charge is 0.475 e. The van der Waals surface area contributed by atoms with E-state index in [4.69, 9.17) is 9.84 Å². The van der Waals surface area contributed by atoms with Crippen LogP contribution in [0.5, 0.6) is 0 Å². The Hall–Kier alpha value is -1.68. The molecule has 0 unspecified atom stereocenters. The van der Waals surface area contributed by atoms with Crippen LogP contribution >= 0.6 is 0 Å². The Kier molecular flexibility index (Phi) is 4.02. The van der Waals surface area contributed by atoms with Gasteiger partial charge in [-0.15, -0.1) is 0 Å². The lowest BCUT2D eigenvalue weighted by Crippen LogP contribution is -2.27. The molecule has 0 aliphatic heterocycles. The number of carboxylic acids is 1. The molecule has 0 radical (unpaired) electrons. The summed E-state index contributed by atoms with van der Waals surface area (Å²) < 4.78 is 5.10. The smallest absolute Gasteiger partial charge is 0.377 e. The monoisotopic (exact) mass is 236 g/mol. The van der Waals surface area contributed by atoms with E-state index >= 15 is 0 Å². The van der Waals surface area contributed by atoms with Gasteiger partial charge in [0.25, 0.3) is 5.78 Å². The molecule has 0 atom stereocenters. The van der Waals surface area contributed by atoms with Crippen molar-refractivity contribution >= 4 is 11.8 Å². The van der Waals surface area contributed by atoms with E-state index < -0.39 is 17.2 Å². The second-order valence-electron chi connectivity index (χ2n) is 4.50. The number of hydrogen-bond acceptors (Lipinski definition) is 3. The third kappa shape index (κ3) is 2.91. The molecule has 1 aromatic carbocycles. The number of carbonyl (C=O) groups excluding carboxylic acids is 1. The fourth-order valence-corrected chi connectivity index (χ4v) is 1.83. The SMILES string of the molecule is COCC(C)(C)c1ccccc1C(=O)C(=O)O. The summed E-state index contributed by atoms with van der Waals surface area (Å²) in [5, 5.41) is 8.77. The standard InChI is InChI=1S/C13H16O4/c1-13(2,8-17-3)10-7-5-4-6-9(10)11(14)12(15)16/h4-7H,8H2,1-3H3,(H,15,16). The summed E-state index contributed by atoms with van der Waals surface area (Å²) in [6, 6.07) is 6.73. The molecule has 0 amide bonds. The van der Waals surface area contributed by atoms with Crippen molar-refractivity contribution in [2.75, 3.05) is 13.7 Å². The Balaban J connectivity index is 3.25. The van der Waals surface area contributed by atoms with Crippen LogP contribution in [-0.2, 0) is 14.9 Å². The van der Waals surface area contributed by atoms with Gasteiger partial charge in [-0.25, -0.2) is 4.79 Å². The van der Waals surface area contributed by atoms with E-state index in [9.17, 15) is 9.59 Å². The van der Waals surface area contributed by atoms with Crippen LogP contribution in [0.2, 0.25) is 0 Å². The Morgan fingerprint density at radius 3 is 2.41 bits per heavy atom. The van der Waals surface area contributed by atoms with Gasteiger partial charge in [-0.1, -0.05) is 38.1 Å². The highest BCUT2D eigenvalue weighted by atomic mass is 16.5. The molecule has 4 heteroatoms. The van der Waals surface area contributed by atoms with Gasteiger partial charge in [0.05, 0.1) is 6.61 Å². The molecule has 1 rings (SSSR count). The van der Waals surface area contributed by atoms with Crippen molar-refractivity contribution in [3.63, 3.8) is 0 Å². The topological polar surface area (TPSA) is 63.6 Å². The molecule has 0 aliphatic carbocycles. The second-order valence-corrected chi connectivity index (χ2v) is 4.50. The van der Waals surface area contributed by atoms with Crippen molar-refractivity contribution in [3.05, 3.63) is 35.4 Å².